The molecular formula is C8H15AsO2. The van der Waals surface area contributed by atoms with Gasteiger partial charge in [-0.05, 0) is 0 Å². The molecule has 0 bridgehead atoms. The summed E-state index contributed by atoms with van der Waals surface area (Å²) in [5.41, 5.74) is 4.79. The number of esters is 1. The van der Waals surface area contributed by atoms with Crippen LogP contribution in [0.15, 0.2) is 12.2 Å². The van der Waals surface area contributed by atoms with Crippen LogP contribution in [0.25, 0.3) is 0 Å². The number of ether oxygens (including phenoxy) is 1. The fraction of sp³-hybridized carbons (Fsp3) is 0.625. The first-order valence-electron chi connectivity index (χ1n) is 3.48. The van der Waals surface area contributed by atoms with Crippen LogP contribution < -0.4 is 0 Å². The van der Waals surface area contributed by atoms with Crippen molar-refractivity contribution in [2.45, 2.75) is 30.2 Å². The Balaban J connectivity index is 3.85. The molecule has 0 aliphatic rings. The summed E-state index contributed by atoms with van der Waals surface area (Å²) in [5, 5.41) is 0. The second-order valence-electron chi connectivity index (χ2n) is 2.75. The van der Waals surface area contributed by atoms with Crippen molar-refractivity contribution in [3.05, 3.63) is 12.2 Å². The van der Waals surface area contributed by atoms with Gasteiger partial charge < -0.3 is 0 Å². The average molecular weight is 218 g/mol. The number of carbonyl (C=O) groups excluding carboxylic acids is 1. The Labute approximate surface area is 72.9 Å². The van der Waals surface area contributed by atoms with Gasteiger partial charge in [-0.15, -0.1) is 0 Å². The second-order valence-corrected chi connectivity index (χ2v) is 8.32. The second kappa shape index (κ2) is 4.61. The van der Waals surface area contributed by atoms with Gasteiger partial charge in [-0.1, -0.05) is 0 Å². The molecule has 0 N–H and O–H groups in total. The number of carbonyl (C=O) groups is 1. The molecule has 0 saturated carbocycles. The Morgan fingerprint density at radius 1 is 1.55 bits per heavy atom. The molecule has 0 aliphatic heterocycles. The van der Waals surface area contributed by atoms with Gasteiger partial charge in [0, 0.05) is 0 Å². The summed E-state index contributed by atoms with van der Waals surface area (Å²) in [6.45, 7) is 7.12. The molecule has 1 unspecified atom stereocenters. The van der Waals surface area contributed by atoms with E-state index in [1.807, 2.05) is 6.92 Å². The molecular weight excluding hydrogens is 203 g/mol. The van der Waals surface area contributed by atoms with E-state index in [0.29, 0.717) is 5.57 Å². The molecule has 0 saturated heterocycles. The number of hydrogen-bond donors (Lipinski definition) is 0. The van der Waals surface area contributed by atoms with Crippen LogP contribution in [0, 0.1) is 0 Å². The first-order chi connectivity index (χ1) is 4.95. The van der Waals surface area contributed by atoms with E-state index in [1.165, 1.54) is 0 Å². The summed E-state index contributed by atoms with van der Waals surface area (Å²) in [6, 6.07) is 0. The van der Waals surface area contributed by atoms with Crippen molar-refractivity contribution >= 4 is 20.6 Å². The molecule has 0 spiro atoms. The molecule has 2 nitrogen and oxygen atoms in total. The zero-order valence-corrected chi connectivity index (χ0v) is 9.42. The Morgan fingerprint density at radius 2 is 2.00 bits per heavy atom. The van der Waals surface area contributed by atoms with Gasteiger partial charge in [0.25, 0.3) is 0 Å². The summed E-state index contributed by atoms with van der Waals surface area (Å²) in [7, 11) is 0. The van der Waals surface area contributed by atoms with Crippen LogP contribution in [-0.2, 0) is 9.53 Å². The Hall–Kier alpha value is -0.232. The third-order valence-corrected chi connectivity index (χ3v) is 4.63. The van der Waals surface area contributed by atoms with Crippen molar-refractivity contribution < 1.29 is 9.53 Å². The summed E-state index contributed by atoms with van der Waals surface area (Å²) in [4.78, 5) is 11.1. The molecule has 1 atom stereocenters. The van der Waals surface area contributed by atoms with Crippen molar-refractivity contribution in [3.63, 3.8) is 0 Å². The third-order valence-electron chi connectivity index (χ3n) is 1.35. The van der Waals surface area contributed by atoms with E-state index >= 15 is 0 Å². The molecule has 11 heavy (non-hydrogen) atoms. The quantitative estimate of drug-likeness (QED) is 0.410. The van der Waals surface area contributed by atoms with Gasteiger partial charge in [0.1, 0.15) is 0 Å². The van der Waals surface area contributed by atoms with Gasteiger partial charge >= 0.3 is 72.5 Å². The maximum atomic E-state index is 11.0. The number of rotatable bonds is 3. The third kappa shape index (κ3) is 4.26. The van der Waals surface area contributed by atoms with Gasteiger partial charge in [-0.2, -0.15) is 0 Å². The van der Waals surface area contributed by atoms with Gasteiger partial charge in [-0.25, -0.2) is 0 Å². The zero-order valence-electron chi connectivity index (χ0n) is 7.55. The zero-order chi connectivity index (χ0) is 9.02. The Bertz CT molecular complexity index is 163. The van der Waals surface area contributed by atoms with Crippen LogP contribution in [0.1, 0.15) is 13.8 Å². The van der Waals surface area contributed by atoms with Crippen LogP contribution in [0.2, 0.25) is 11.4 Å². The summed E-state index contributed by atoms with van der Waals surface area (Å²) >= 11 is -0.906. The molecule has 0 amide bonds. The predicted molar refractivity (Wildman–Crippen MR) is 47.9 cm³/mol. The van der Waals surface area contributed by atoms with Crippen molar-refractivity contribution in [3.8, 4) is 0 Å². The molecule has 0 aromatic heterocycles. The van der Waals surface area contributed by atoms with Crippen LogP contribution in [-0.4, -0.2) is 25.5 Å². The van der Waals surface area contributed by atoms with E-state index in [2.05, 4.69) is 18.0 Å². The first-order valence-corrected chi connectivity index (χ1v) is 8.31. The topological polar surface area (TPSA) is 26.3 Å². The van der Waals surface area contributed by atoms with Crippen molar-refractivity contribution in [2.24, 2.45) is 0 Å². The van der Waals surface area contributed by atoms with E-state index < -0.39 is 14.7 Å². The monoisotopic (exact) mass is 218 g/mol. The van der Waals surface area contributed by atoms with Crippen LogP contribution in [0.5, 0.6) is 0 Å². The van der Waals surface area contributed by atoms with Gasteiger partial charge in [0.15, 0.2) is 0 Å². The van der Waals surface area contributed by atoms with Crippen LogP contribution in [0.4, 0.5) is 0 Å². The van der Waals surface area contributed by atoms with Gasteiger partial charge in [0.2, 0.25) is 0 Å². The van der Waals surface area contributed by atoms with Crippen molar-refractivity contribution in [2.75, 3.05) is 0 Å². The summed E-state index contributed by atoms with van der Waals surface area (Å²) in [6.07, 6.45) is 0. The normalized spacial score (nSPS) is 12.8. The Kier molecular flexibility index (Phi) is 4.51. The predicted octanol–water partition coefficient (Wildman–Crippen LogP) is 1.79. The molecule has 0 aromatic carbocycles. The summed E-state index contributed by atoms with van der Waals surface area (Å²) in [5.74, 6) is -0.263. The SMILES string of the molecule is C=C(C)C(=O)OC(C)[As](C)C. The van der Waals surface area contributed by atoms with E-state index in [9.17, 15) is 4.79 Å². The standard InChI is InChI=1S/C8H15AsO2/c1-6(2)8(10)11-7(3)9(4)5/h7H,1H2,2-5H3. The first kappa shape index (κ1) is 10.8. The molecule has 0 heterocycles. The fourth-order valence-electron chi connectivity index (χ4n) is 0.361. The van der Waals surface area contributed by atoms with Crippen LogP contribution in [0.3, 0.4) is 0 Å². The molecule has 0 fully saturated rings. The van der Waals surface area contributed by atoms with E-state index in [0.717, 1.165) is 0 Å². The van der Waals surface area contributed by atoms with E-state index in [4.69, 9.17) is 4.74 Å². The minimum absolute atomic E-state index is 0.117. The van der Waals surface area contributed by atoms with Gasteiger partial charge in [-0.3, -0.25) is 0 Å². The minimum atomic E-state index is -0.906. The van der Waals surface area contributed by atoms with E-state index in [-0.39, 0.29) is 10.9 Å². The van der Waals surface area contributed by atoms with Gasteiger partial charge in [0.05, 0.1) is 0 Å². The summed E-state index contributed by atoms with van der Waals surface area (Å²) < 4.78 is 5.10. The fourth-order valence-corrected chi connectivity index (χ4v) is 1.00. The Morgan fingerprint density at radius 3 is 2.27 bits per heavy atom. The molecule has 0 aromatic rings. The molecule has 0 rings (SSSR count). The van der Waals surface area contributed by atoms with Crippen molar-refractivity contribution in [1.82, 2.24) is 0 Å². The maximum absolute atomic E-state index is 11.0. The molecule has 3 heteroatoms. The molecule has 0 aliphatic carbocycles. The average Bonchev–Trinajstić information content (AvgIpc) is 1.87. The molecule has 0 radical (unpaired) electrons. The number of hydrogen-bond acceptors (Lipinski definition) is 2. The van der Waals surface area contributed by atoms with E-state index in [1.54, 1.807) is 6.92 Å². The molecule has 64 valence electrons. The van der Waals surface area contributed by atoms with Crippen LogP contribution >= 0.6 is 0 Å². The van der Waals surface area contributed by atoms with Crippen molar-refractivity contribution in [1.29, 1.82) is 0 Å².